The van der Waals surface area contributed by atoms with E-state index in [9.17, 15) is 35.5 Å². The van der Waals surface area contributed by atoms with Crippen molar-refractivity contribution >= 4 is 51.7 Å². The number of hydrazine groups is 2. The quantitative estimate of drug-likeness (QED) is 0.114. The summed E-state index contributed by atoms with van der Waals surface area (Å²) < 4.78 is 95.0. The van der Waals surface area contributed by atoms with Gasteiger partial charge in [-0.15, -0.1) is 11.3 Å². The standard InChI is InChI=1S/C33H29Cl2F5N6O3S2/c34-23-9-12-27(26(35)18-23)46-30(28-13-11-24(50-28)10-6-21-4-7-22(8-5-21)33(38,39)40)25(19-45(51(48)49)44-17-14-32(36,37)20-44)29(41-46)31(47)42-43-15-2-1-3-16-43/h4-5,7-9,11-13,18H,1-3,14-17,19-20H2,(H,42,47)(H,48,49)/p-1. The number of nitrogens with one attached hydrogen (secondary N) is 1. The molecular formula is C33H28Cl2F5N6O3S2-. The highest BCUT2D eigenvalue weighted by Crippen LogP contribution is 2.38. The monoisotopic (exact) mass is 785 g/mol. The van der Waals surface area contributed by atoms with Crippen LogP contribution in [0, 0.1) is 11.8 Å². The van der Waals surface area contributed by atoms with Crippen molar-refractivity contribution in [1.82, 2.24) is 29.6 Å². The lowest BCUT2D eigenvalue weighted by atomic mass is 10.1. The van der Waals surface area contributed by atoms with Crippen LogP contribution < -0.4 is 5.43 Å². The second-order valence-corrected chi connectivity index (χ2v) is 14.7. The van der Waals surface area contributed by atoms with Gasteiger partial charge in [-0.05, 0) is 67.4 Å². The number of carbonyl (C=O) groups is 1. The minimum absolute atomic E-state index is 0.110. The SMILES string of the molecule is O=C(NN1CCCCC1)c1nn(-c2ccc(Cl)cc2Cl)c(-c2ccc(C#Cc3ccc(C(F)(F)F)cc3)s2)c1CN(N1CCC(F)(F)C1)S(=O)[O-]. The summed E-state index contributed by atoms with van der Waals surface area (Å²) in [5.41, 5.74) is 2.88. The largest absolute Gasteiger partial charge is 0.759 e. The highest BCUT2D eigenvalue weighted by molar-refractivity contribution is 7.76. The number of rotatable bonds is 8. The molecule has 0 radical (unpaired) electrons. The first-order valence-electron chi connectivity index (χ1n) is 15.6. The number of benzene rings is 2. The van der Waals surface area contributed by atoms with Crippen LogP contribution in [0.3, 0.4) is 0 Å². The van der Waals surface area contributed by atoms with Crippen LogP contribution in [0.15, 0.2) is 54.6 Å². The average Bonchev–Trinajstić information content (AvgIpc) is 3.79. The van der Waals surface area contributed by atoms with E-state index in [1.165, 1.54) is 22.9 Å². The Morgan fingerprint density at radius 1 is 1.04 bits per heavy atom. The molecule has 1 N–H and O–H groups in total. The van der Waals surface area contributed by atoms with Gasteiger partial charge < -0.3 is 4.55 Å². The Morgan fingerprint density at radius 3 is 2.39 bits per heavy atom. The molecule has 0 saturated carbocycles. The van der Waals surface area contributed by atoms with Crippen LogP contribution in [0.4, 0.5) is 22.0 Å². The maximum absolute atomic E-state index is 14.3. The lowest BCUT2D eigenvalue weighted by Gasteiger charge is -2.33. The molecule has 4 aromatic rings. The maximum Gasteiger partial charge on any atom is 0.416 e. The first kappa shape index (κ1) is 37.4. The van der Waals surface area contributed by atoms with Gasteiger partial charge in [-0.3, -0.25) is 14.4 Å². The zero-order valence-electron chi connectivity index (χ0n) is 26.5. The van der Waals surface area contributed by atoms with Crippen molar-refractivity contribution in [3.8, 4) is 28.1 Å². The number of thiophene rings is 1. The molecule has 1 unspecified atom stereocenters. The summed E-state index contributed by atoms with van der Waals surface area (Å²) in [6, 6.07) is 12.3. The molecule has 2 saturated heterocycles. The van der Waals surface area contributed by atoms with Gasteiger partial charge in [0.2, 0.25) is 0 Å². The molecule has 0 spiro atoms. The molecule has 18 heteroatoms. The zero-order valence-corrected chi connectivity index (χ0v) is 29.6. The van der Waals surface area contributed by atoms with Crippen molar-refractivity contribution < 1.29 is 35.5 Å². The summed E-state index contributed by atoms with van der Waals surface area (Å²) in [6.45, 7) is -0.441. The van der Waals surface area contributed by atoms with Crippen molar-refractivity contribution in [3.05, 3.63) is 91.9 Å². The van der Waals surface area contributed by atoms with E-state index >= 15 is 0 Å². The number of amides is 1. The number of hydrogen-bond donors (Lipinski definition) is 1. The van der Waals surface area contributed by atoms with E-state index in [0.717, 1.165) is 52.2 Å². The van der Waals surface area contributed by atoms with Crippen molar-refractivity contribution in [2.24, 2.45) is 0 Å². The van der Waals surface area contributed by atoms with Gasteiger partial charge >= 0.3 is 6.18 Å². The van der Waals surface area contributed by atoms with Gasteiger partial charge in [-0.1, -0.05) is 41.5 Å². The Bertz CT molecular complexity index is 2010. The van der Waals surface area contributed by atoms with E-state index in [4.69, 9.17) is 23.2 Å². The highest BCUT2D eigenvalue weighted by atomic mass is 35.5. The van der Waals surface area contributed by atoms with Gasteiger partial charge in [0.15, 0.2) is 5.69 Å². The molecule has 2 aliphatic heterocycles. The number of piperidine rings is 1. The summed E-state index contributed by atoms with van der Waals surface area (Å²) in [6.07, 6.45) is -2.34. The molecule has 2 aliphatic rings. The molecule has 0 aliphatic carbocycles. The minimum Gasteiger partial charge on any atom is -0.759 e. The zero-order chi connectivity index (χ0) is 36.5. The van der Waals surface area contributed by atoms with E-state index in [2.05, 4.69) is 22.4 Å². The second-order valence-electron chi connectivity index (χ2n) is 11.9. The van der Waals surface area contributed by atoms with E-state index in [1.54, 1.807) is 29.3 Å². The van der Waals surface area contributed by atoms with E-state index in [-0.39, 0.29) is 28.5 Å². The van der Waals surface area contributed by atoms with Gasteiger partial charge in [0.25, 0.3) is 11.8 Å². The molecule has 4 heterocycles. The second kappa shape index (κ2) is 15.3. The normalized spacial score (nSPS) is 17.4. The summed E-state index contributed by atoms with van der Waals surface area (Å²) in [5.74, 6) is 2.01. The number of hydrogen-bond acceptors (Lipinski definition) is 7. The molecule has 6 rings (SSSR count). The third-order valence-corrected chi connectivity index (χ3v) is 10.5. The van der Waals surface area contributed by atoms with Crippen molar-refractivity contribution in [3.63, 3.8) is 0 Å². The van der Waals surface area contributed by atoms with Crippen LogP contribution >= 0.6 is 34.5 Å². The molecule has 0 bridgehead atoms. The average molecular weight is 787 g/mol. The molecule has 2 aromatic carbocycles. The number of alkyl halides is 5. The summed E-state index contributed by atoms with van der Waals surface area (Å²) >= 11 is 10.9. The number of aromatic nitrogens is 2. The molecule has 51 heavy (non-hydrogen) atoms. The molecule has 270 valence electrons. The van der Waals surface area contributed by atoms with E-state index in [1.807, 2.05) is 0 Å². The molecule has 9 nitrogen and oxygen atoms in total. The number of nitrogens with zero attached hydrogens (tertiary/aromatic N) is 5. The molecular weight excluding hydrogens is 758 g/mol. The predicted molar refractivity (Wildman–Crippen MR) is 183 cm³/mol. The van der Waals surface area contributed by atoms with E-state index in [0.29, 0.717) is 39.1 Å². The van der Waals surface area contributed by atoms with Crippen LogP contribution in [0.25, 0.3) is 16.3 Å². The first-order valence-corrected chi connectivity index (χ1v) is 18.2. The Morgan fingerprint density at radius 2 is 1.76 bits per heavy atom. The Balaban J connectivity index is 1.47. The third-order valence-electron chi connectivity index (χ3n) is 8.26. The Labute approximate surface area is 306 Å². The first-order chi connectivity index (χ1) is 24.2. The van der Waals surface area contributed by atoms with E-state index < -0.39 is 54.3 Å². The fourth-order valence-corrected chi connectivity index (χ4v) is 7.73. The van der Waals surface area contributed by atoms with Crippen molar-refractivity contribution in [2.45, 2.75) is 44.3 Å². The van der Waals surface area contributed by atoms with Gasteiger partial charge in [-0.2, -0.15) is 22.7 Å². The third kappa shape index (κ3) is 8.81. The fourth-order valence-electron chi connectivity index (χ4n) is 5.76. The number of halogens is 7. The minimum atomic E-state index is -4.49. The summed E-state index contributed by atoms with van der Waals surface area (Å²) in [4.78, 5) is 14.9. The molecule has 2 aromatic heterocycles. The van der Waals surface area contributed by atoms with Crippen LogP contribution in [0.1, 0.15) is 57.7 Å². The van der Waals surface area contributed by atoms with Crippen molar-refractivity contribution in [2.75, 3.05) is 26.2 Å². The topological polar surface area (TPSA) is 96.8 Å². The van der Waals surface area contributed by atoms with Crippen LogP contribution in [-0.4, -0.2) is 71.0 Å². The van der Waals surface area contributed by atoms with Gasteiger partial charge in [0.05, 0.1) is 44.8 Å². The summed E-state index contributed by atoms with van der Waals surface area (Å²) in [5, 5.41) is 7.88. The lowest BCUT2D eigenvalue weighted by Crippen LogP contribution is -2.46. The van der Waals surface area contributed by atoms with Crippen LogP contribution in [-0.2, 0) is 24.0 Å². The molecule has 1 atom stereocenters. The smallest absolute Gasteiger partial charge is 0.416 e. The lowest BCUT2D eigenvalue weighted by molar-refractivity contribution is -0.137. The highest BCUT2D eigenvalue weighted by Gasteiger charge is 2.42. The summed E-state index contributed by atoms with van der Waals surface area (Å²) in [7, 11) is 0. The Kier molecular flexibility index (Phi) is 11.2. The van der Waals surface area contributed by atoms with Gasteiger partial charge in [0, 0.05) is 53.5 Å². The van der Waals surface area contributed by atoms with Crippen LogP contribution in [0.5, 0.6) is 0 Å². The number of carbonyl (C=O) groups excluding carboxylic acids is 1. The fraction of sp³-hybridized carbons (Fsp3) is 0.333. The Hall–Kier alpha value is -3.40. The van der Waals surface area contributed by atoms with Crippen LogP contribution in [0.2, 0.25) is 10.0 Å². The van der Waals surface area contributed by atoms with Gasteiger partial charge in [-0.25, -0.2) is 23.5 Å². The van der Waals surface area contributed by atoms with Crippen molar-refractivity contribution in [1.29, 1.82) is 0 Å². The maximum atomic E-state index is 14.3. The molecule has 1 amide bonds. The molecule has 2 fully saturated rings. The predicted octanol–water partition coefficient (Wildman–Crippen LogP) is 7.31. The van der Waals surface area contributed by atoms with Gasteiger partial charge in [0.1, 0.15) is 0 Å².